The number of fused-ring (bicyclic) bond motifs is 1. The third kappa shape index (κ3) is 3.28. The Morgan fingerprint density at radius 2 is 1.70 bits per heavy atom. The van der Waals surface area contributed by atoms with Gasteiger partial charge < -0.3 is 5.32 Å². The average Bonchev–Trinajstić information content (AvgIpc) is 2.91. The summed E-state index contributed by atoms with van der Waals surface area (Å²) in [4.78, 5) is 12.7. The van der Waals surface area contributed by atoms with Gasteiger partial charge in [-0.1, -0.05) is 54.4 Å². The molecule has 0 bridgehead atoms. The van der Waals surface area contributed by atoms with Gasteiger partial charge in [-0.15, -0.1) is 0 Å². The second-order valence-electron chi connectivity index (χ2n) is 8.32. The Hall–Kier alpha value is -1.51. The molecular formula is C23H25Cl2NO. The van der Waals surface area contributed by atoms with Crippen molar-refractivity contribution in [1.82, 2.24) is 5.32 Å². The molecule has 1 amide bonds. The third-order valence-corrected chi connectivity index (χ3v) is 7.14. The van der Waals surface area contributed by atoms with E-state index in [1.54, 1.807) is 0 Å². The number of carbonyl (C=O) groups is 1. The summed E-state index contributed by atoms with van der Waals surface area (Å²) in [7, 11) is 0. The average molecular weight is 402 g/mol. The second-order valence-corrected chi connectivity index (χ2v) is 9.17. The number of halogens is 2. The fourth-order valence-corrected chi connectivity index (χ4v) is 5.93. The molecule has 4 heteroatoms. The van der Waals surface area contributed by atoms with Crippen molar-refractivity contribution in [3.8, 4) is 0 Å². The van der Waals surface area contributed by atoms with Crippen LogP contribution in [-0.4, -0.2) is 11.9 Å². The minimum absolute atomic E-state index is 0.0566. The summed E-state index contributed by atoms with van der Waals surface area (Å²) in [6, 6.07) is 14.6. The smallest absolute Gasteiger partial charge is 0.223 e. The fraction of sp³-hybridized carbons (Fsp3) is 0.435. The third-order valence-electron chi connectivity index (χ3n) is 6.56. The lowest BCUT2D eigenvalue weighted by molar-refractivity contribution is -0.125. The largest absolute Gasteiger partial charge is 0.353 e. The predicted octanol–water partition coefficient (Wildman–Crippen LogP) is 5.96. The van der Waals surface area contributed by atoms with Gasteiger partial charge in [0.15, 0.2) is 0 Å². The van der Waals surface area contributed by atoms with Gasteiger partial charge in [-0.2, -0.15) is 0 Å². The number of aryl methyl sites for hydroxylation is 1. The fourth-order valence-electron chi connectivity index (χ4n) is 5.43. The van der Waals surface area contributed by atoms with Crippen LogP contribution in [0.2, 0.25) is 10.0 Å². The lowest BCUT2D eigenvalue weighted by Crippen LogP contribution is -2.39. The van der Waals surface area contributed by atoms with Gasteiger partial charge >= 0.3 is 0 Å². The van der Waals surface area contributed by atoms with Crippen LogP contribution >= 0.6 is 23.2 Å². The lowest BCUT2D eigenvalue weighted by atomic mass is 9.58. The van der Waals surface area contributed by atoms with E-state index in [1.165, 1.54) is 16.7 Å². The molecule has 1 heterocycles. The molecule has 6 atom stereocenters. The number of hydrogen-bond donors (Lipinski definition) is 1. The monoisotopic (exact) mass is 401 g/mol. The summed E-state index contributed by atoms with van der Waals surface area (Å²) in [5.74, 6) is 1.35. The number of amides is 1. The highest BCUT2D eigenvalue weighted by Gasteiger charge is 2.53. The molecular weight excluding hydrogens is 377 g/mol. The molecule has 142 valence electrons. The number of rotatable bonds is 2. The van der Waals surface area contributed by atoms with Crippen LogP contribution in [0.5, 0.6) is 0 Å². The minimum atomic E-state index is 0.0566. The van der Waals surface area contributed by atoms with Crippen LogP contribution in [0.15, 0.2) is 42.5 Å². The van der Waals surface area contributed by atoms with Crippen LogP contribution in [0.3, 0.4) is 0 Å². The lowest BCUT2D eigenvalue weighted by Gasteiger charge is -2.44. The molecule has 2 fully saturated rings. The normalized spacial score (nSPS) is 32.9. The summed E-state index contributed by atoms with van der Waals surface area (Å²) < 4.78 is 0. The Morgan fingerprint density at radius 1 is 1.00 bits per heavy atom. The zero-order chi connectivity index (χ0) is 19.3. The van der Waals surface area contributed by atoms with E-state index in [0.717, 1.165) is 16.5 Å². The van der Waals surface area contributed by atoms with Crippen molar-refractivity contribution in [2.24, 2.45) is 17.8 Å². The second kappa shape index (κ2) is 7.14. The first kappa shape index (κ1) is 18.8. The van der Waals surface area contributed by atoms with E-state index >= 15 is 0 Å². The maximum Gasteiger partial charge on any atom is 0.223 e. The molecule has 27 heavy (non-hydrogen) atoms. The van der Waals surface area contributed by atoms with Crippen LogP contribution in [0.4, 0.5) is 0 Å². The Balaban J connectivity index is 1.85. The molecule has 0 spiro atoms. The summed E-state index contributed by atoms with van der Waals surface area (Å²) >= 11 is 12.8. The molecule has 2 nitrogen and oxygen atoms in total. The van der Waals surface area contributed by atoms with Crippen molar-refractivity contribution in [2.45, 2.75) is 45.1 Å². The summed E-state index contributed by atoms with van der Waals surface area (Å²) in [6.45, 7) is 6.41. The van der Waals surface area contributed by atoms with E-state index in [-0.39, 0.29) is 35.6 Å². The van der Waals surface area contributed by atoms with E-state index in [1.807, 2.05) is 18.2 Å². The first-order valence-electron chi connectivity index (χ1n) is 9.68. The van der Waals surface area contributed by atoms with Crippen molar-refractivity contribution in [2.75, 3.05) is 0 Å². The number of nitrogens with one attached hydrogen (secondary N) is 1. The van der Waals surface area contributed by atoms with Gasteiger partial charge in [-0.25, -0.2) is 0 Å². The molecule has 1 saturated heterocycles. The molecule has 0 aromatic heterocycles. The molecule has 2 aromatic rings. The molecule has 4 rings (SSSR count). The minimum Gasteiger partial charge on any atom is -0.353 e. The molecule has 1 aliphatic heterocycles. The first-order chi connectivity index (χ1) is 12.9. The molecule has 2 aromatic carbocycles. The van der Waals surface area contributed by atoms with Crippen molar-refractivity contribution in [3.05, 3.63) is 69.2 Å². The zero-order valence-corrected chi connectivity index (χ0v) is 17.4. The van der Waals surface area contributed by atoms with Crippen molar-refractivity contribution >= 4 is 29.1 Å². The Bertz CT molecular complexity index is 863. The van der Waals surface area contributed by atoms with Crippen LogP contribution in [0.25, 0.3) is 0 Å². The molecule has 1 saturated carbocycles. The highest BCUT2D eigenvalue weighted by Crippen LogP contribution is 2.55. The summed E-state index contributed by atoms with van der Waals surface area (Å²) in [5.41, 5.74) is 3.60. The van der Waals surface area contributed by atoms with E-state index in [4.69, 9.17) is 23.2 Å². The van der Waals surface area contributed by atoms with Gasteiger partial charge in [-0.3, -0.25) is 4.79 Å². The van der Waals surface area contributed by atoms with Crippen molar-refractivity contribution < 1.29 is 4.79 Å². The number of benzene rings is 2. The molecule has 1 aliphatic carbocycles. The Morgan fingerprint density at radius 3 is 2.37 bits per heavy atom. The molecule has 1 N–H and O–H groups in total. The van der Waals surface area contributed by atoms with Crippen molar-refractivity contribution in [3.63, 3.8) is 0 Å². The summed E-state index contributed by atoms with van der Waals surface area (Å²) in [6.07, 6.45) is 0.956. The zero-order valence-electron chi connectivity index (χ0n) is 15.9. The molecule has 0 radical (unpaired) electrons. The topological polar surface area (TPSA) is 29.1 Å². The highest BCUT2D eigenvalue weighted by molar-refractivity contribution is 6.31. The highest BCUT2D eigenvalue weighted by atomic mass is 35.5. The van der Waals surface area contributed by atoms with Gasteiger partial charge in [0, 0.05) is 22.0 Å². The number of hydrogen-bond acceptors (Lipinski definition) is 1. The maximum absolute atomic E-state index is 12.7. The maximum atomic E-state index is 12.7. The summed E-state index contributed by atoms with van der Waals surface area (Å²) in [5, 5.41) is 4.76. The number of carbonyl (C=O) groups excluding carboxylic acids is 1. The van der Waals surface area contributed by atoms with Gasteiger partial charge in [0.05, 0.1) is 0 Å². The van der Waals surface area contributed by atoms with Gasteiger partial charge in [-0.05, 0) is 78.8 Å². The van der Waals surface area contributed by atoms with Gasteiger partial charge in [0.2, 0.25) is 5.91 Å². The predicted molar refractivity (Wildman–Crippen MR) is 111 cm³/mol. The van der Waals surface area contributed by atoms with Crippen LogP contribution in [0, 0.1) is 24.7 Å². The van der Waals surface area contributed by atoms with E-state index < -0.39 is 0 Å². The van der Waals surface area contributed by atoms with Gasteiger partial charge in [0.1, 0.15) is 0 Å². The molecule has 0 unspecified atom stereocenters. The van der Waals surface area contributed by atoms with Gasteiger partial charge in [0.25, 0.3) is 0 Å². The standard InChI is InChI=1S/C23H25Cl2NO/c1-12-4-9-17(19(25)10-12)18-11-13(2)20-21(14(3)26-23(20)27)22(18)15-5-7-16(24)8-6-15/h4-10,13-14,18,20-22H,11H2,1-3H3,(H,26,27)/t13-,14-,18+,20-,21-,22+/m1/s1. The van der Waals surface area contributed by atoms with E-state index in [9.17, 15) is 4.79 Å². The van der Waals surface area contributed by atoms with E-state index in [2.05, 4.69) is 50.4 Å². The van der Waals surface area contributed by atoms with Crippen LogP contribution in [-0.2, 0) is 4.79 Å². The van der Waals surface area contributed by atoms with Crippen molar-refractivity contribution in [1.29, 1.82) is 0 Å². The first-order valence-corrected chi connectivity index (χ1v) is 10.4. The van der Waals surface area contributed by atoms with Crippen LogP contribution in [0.1, 0.15) is 48.8 Å². The van der Waals surface area contributed by atoms with Crippen LogP contribution < -0.4 is 5.32 Å². The van der Waals surface area contributed by atoms with E-state index in [0.29, 0.717) is 5.92 Å². The quantitative estimate of drug-likeness (QED) is 0.660. The Kier molecular flexibility index (Phi) is 4.98. The molecule has 2 aliphatic rings. The SMILES string of the molecule is Cc1ccc([C@@H]2C[C@@H](C)[C@H]3C(=O)N[C@H](C)[C@H]3[C@H]2c2ccc(Cl)cc2)c(Cl)c1. The Labute approximate surface area is 171 Å².